The molecule has 1 aromatic carbocycles. The number of rotatable bonds is 12. The van der Waals surface area contributed by atoms with Gasteiger partial charge in [0.2, 0.25) is 0 Å². The molecule has 0 aliphatic carbocycles. The molecule has 2 aromatic heterocycles. The SMILES string of the molecule is CC[C@H](C)CN(CCC[C@@H]1CCN(Cc2ccc(Cl)cc2C(=O)NC)C[C@H]1O)c1ncc(-c2ncc[nH]2)cc1Cl. The lowest BCUT2D eigenvalue weighted by Crippen LogP contribution is -2.43. The number of likely N-dealkylation sites (tertiary alicyclic amines) is 1. The fourth-order valence-electron chi connectivity index (χ4n) is 5.35. The van der Waals surface area contributed by atoms with Gasteiger partial charge in [-0.2, -0.15) is 0 Å². The Morgan fingerprint density at radius 3 is 2.80 bits per heavy atom. The van der Waals surface area contributed by atoms with E-state index in [9.17, 15) is 9.90 Å². The Hall–Kier alpha value is -2.65. The number of hydrogen-bond donors (Lipinski definition) is 3. The second kappa shape index (κ2) is 14.3. The molecular weight excluding hydrogens is 547 g/mol. The molecule has 3 N–H and O–H groups in total. The van der Waals surface area contributed by atoms with Crippen molar-refractivity contribution < 1.29 is 9.90 Å². The zero-order valence-corrected chi connectivity index (χ0v) is 25.0. The third-order valence-corrected chi connectivity index (χ3v) is 8.38. The minimum absolute atomic E-state index is 0.153. The number of carbonyl (C=O) groups is 1. The highest BCUT2D eigenvalue weighted by molar-refractivity contribution is 6.33. The van der Waals surface area contributed by atoms with Crippen LogP contribution in [0, 0.1) is 11.8 Å². The monoisotopic (exact) mass is 586 g/mol. The minimum atomic E-state index is -0.415. The molecule has 40 heavy (non-hydrogen) atoms. The van der Waals surface area contributed by atoms with Crippen LogP contribution in [-0.4, -0.2) is 70.2 Å². The van der Waals surface area contributed by atoms with Gasteiger partial charge in [0.1, 0.15) is 11.6 Å². The number of β-amino-alcohol motifs (C(OH)–C–C–N with tert-alkyl or cyclic N) is 1. The second-order valence-electron chi connectivity index (χ2n) is 10.8. The molecule has 0 saturated carbocycles. The number of benzene rings is 1. The van der Waals surface area contributed by atoms with Gasteiger partial charge < -0.3 is 20.3 Å². The van der Waals surface area contributed by atoms with Crippen LogP contribution in [0.15, 0.2) is 42.9 Å². The topological polar surface area (TPSA) is 97.4 Å². The normalized spacial score (nSPS) is 18.4. The summed E-state index contributed by atoms with van der Waals surface area (Å²) < 4.78 is 0. The lowest BCUT2D eigenvalue weighted by atomic mass is 9.89. The lowest BCUT2D eigenvalue weighted by molar-refractivity contribution is 0.0147. The zero-order chi connectivity index (χ0) is 28.6. The maximum Gasteiger partial charge on any atom is 0.251 e. The summed E-state index contributed by atoms with van der Waals surface area (Å²) in [6, 6.07) is 7.33. The highest BCUT2D eigenvalue weighted by Crippen LogP contribution is 2.30. The first kappa shape index (κ1) is 30.3. The van der Waals surface area contributed by atoms with Gasteiger partial charge >= 0.3 is 0 Å². The van der Waals surface area contributed by atoms with Crippen LogP contribution in [-0.2, 0) is 6.54 Å². The number of H-pyrrole nitrogens is 1. The number of hydrogen-bond acceptors (Lipinski definition) is 6. The third-order valence-electron chi connectivity index (χ3n) is 7.87. The van der Waals surface area contributed by atoms with Crippen molar-refractivity contribution in [2.75, 3.05) is 38.1 Å². The van der Waals surface area contributed by atoms with Gasteiger partial charge in [-0.1, -0.05) is 49.5 Å². The molecule has 0 unspecified atom stereocenters. The number of amides is 1. The van der Waals surface area contributed by atoms with E-state index in [0.29, 0.717) is 34.6 Å². The van der Waals surface area contributed by atoms with Gasteiger partial charge in [-0.3, -0.25) is 9.69 Å². The van der Waals surface area contributed by atoms with Crippen molar-refractivity contribution in [2.24, 2.45) is 11.8 Å². The Morgan fingerprint density at radius 1 is 1.30 bits per heavy atom. The fraction of sp³-hybridized carbons (Fsp3) is 0.500. The van der Waals surface area contributed by atoms with Crippen molar-refractivity contribution in [1.82, 2.24) is 25.2 Å². The molecule has 0 radical (unpaired) electrons. The maximum atomic E-state index is 12.3. The smallest absolute Gasteiger partial charge is 0.251 e. The van der Waals surface area contributed by atoms with E-state index in [4.69, 9.17) is 28.2 Å². The molecule has 0 spiro atoms. The molecule has 1 fully saturated rings. The van der Waals surface area contributed by atoms with Crippen molar-refractivity contribution in [3.05, 3.63) is 64.0 Å². The van der Waals surface area contributed by atoms with Crippen LogP contribution in [0.4, 0.5) is 5.82 Å². The lowest BCUT2D eigenvalue weighted by Gasteiger charge is -2.36. The summed E-state index contributed by atoms with van der Waals surface area (Å²) in [7, 11) is 1.62. The van der Waals surface area contributed by atoms with Crippen LogP contribution in [0.1, 0.15) is 55.5 Å². The Morgan fingerprint density at radius 2 is 2.12 bits per heavy atom. The molecule has 3 heterocycles. The molecule has 8 nitrogen and oxygen atoms in total. The second-order valence-corrected chi connectivity index (χ2v) is 11.6. The van der Waals surface area contributed by atoms with E-state index >= 15 is 0 Å². The molecule has 3 aromatic rings. The number of pyridine rings is 1. The van der Waals surface area contributed by atoms with Crippen LogP contribution in [0.5, 0.6) is 0 Å². The zero-order valence-electron chi connectivity index (χ0n) is 23.5. The Labute approximate surface area is 247 Å². The summed E-state index contributed by atoms with van der Waals surface area (Å²) in [5.74, 6) is 2.12. The van der Waals surface area contributed by atoms with Crippen LogP contribution in [0.25, 0.3) is 11.4 Å². The van der Waals surface area contributed by atoms with Crippen molar-refractivity contribution in [3.8, 4) is 11.4 Å². The highest BCUT2D eigenvalue weighted by atomic mass is 35.5. The number of carbonyl (C=O) groups excluding carboxylic acids is 1. The predicted octanol–water partition coefficient (Wildman–Crippen LogP) is 5.65. The first-order chi connectivity index (χ1) is 19.3. The van der Waals surface area contributed by atoms with Gasteiger partial charge in [-0.25, -0.2) is 9.97 Å². The first-order valence-electron chi connectivity index (χ1n) is 14.1. The maximum absolute atomic E-state index is 12.3. The summed E-state index contributed by atoms with van der Waals surface area (Å²) in [6.45, 7) is 8.19. The summed E-state index contributed by atoms with van der Waals surface area (Å²) in [4.78, 5) is 29.0. The molecule has 3 atom stereocenters. The molecule has 0 bridgehead atoms. The van der Waals surface area contributed by atoms with E-state index < -0.39 is 6.10 Å². The van der Waals surface area contributed by atoms with E-state index in [-0.39, 0.29) is 11.8 Å². The molecule has 4 rings (SSSR count). The number of aromatic nitrogens is 3. The van der Waals surface area contributed by atoms with Crippen LogP contribution < -0.4 is 10.2 Å². The number of imidazole rings is 1. The molecule has 1 amide bonds. The van der Waals surface area contributed by atoms with E-state index in [1.807, 2.05) is 24.4 Å². The van der Waals surface area contributed by atoms with Gasteiger partial charge in [0, 0.05) is 68.0 Å². The minimum Gasteiger partial charge on any atom is -0.392 e. The summed E-state index contributed by atoms with van der Waals surface area (Å²) in [6.07, 6.45) is 8.75. The van der Waals surface area contributed by atoms with E-state index in [1.165, 1.54) is 0 Å². The molecule has 1 aliphatic heterocycles. The number of aromatic amines is 1. The highest BCUT2D eigenvalue weighted by Gasteiger charge is 2.28. The quantitative estimate of drug-likeness (QED) is 0.253. The number of piperidine rings is 1. The Kier molecular flexibility index (Phi) is 10.8. The average molecular weight is 588 g/mol. The largest absolute Gasteiger partial charge is 0.392 e. The van der Waals surface area contributed by atoms with Crippen molar-refractivity contribution >= 4 is 34.9 Å². The Balaban J connectivity index is 1.34. The number of aliphatic hydroxyl groups excluding tert-OH is 1. The van der Waals surface area contributed by atoms with Crippen molar-refractivity contribution in [2.45, 2.75) is 52.2 Å². The number of anilines is 1. The van der Waals surface area contributed by atoms with Gasteiger partial charge in [-0.15, -0.1) is 0 Å². The van der Waals surface area contributed by atoms with Gasteiger partial charge in [0.25, 0.3) is 5.91 Å². The van der Waals surface area contributed by atoms with E-state index in [1.54, 1.807) is 25.5 Å². The number of nitrogens with zero attached hydrogens (tertiary/aromatic N) is 4. The standard InChI is InChI=1S/C30H40Cl2N6O2/c1-4-20(2)17-38(29-26(32)14-23(16-36-29)28-34-10-11-35-28)12-5-6-21-9-13-37(19-27(21)39)18-22-7-8-24(31)15-25(22)30(40)33-3/h7-8,10-11,14-16,20-21,27,39H,4-6,9,12-13,17-19H2,1-3H3,(H,33,40)(H,34,35)/t20-,21+,27+/m0/s1. The fourth-order valence-corrected chi connectivity index (χ4v) is 5.81. The van der Waals surface area contributed by atoms with Crippen LogP contribution in [0.3, 0.4) is 0 Å². The summed E-state index contributed by atoms with van der Waals surface area (Å²) in [5.41, 5.74) is 2.35. The molecule has 216 valence electrons. The number of nitrogens with one attached hydrogen (secondary N) is 2. The number of halogens is 2. The Bertz CT molecular complexity index is 1260. The number of aliphatic hydroxyl groups is 1. The van der Waals surface area contributed by atoms with Gasteiger partial charge in [0.15, 0.2) is 0 Å². The van der Waals surface area contributed by atoms with E-state index in [0.717, 1.165) is 68.1 Å². The molecule has 1 aliphatic rings. The van der Waals surface area contributed by atoms with Crippen molar-refractivity contribution in [3.63, 3.8) is 0 Å². The molecular formula is C30H40Cl2N6O2. The predicted molar refractivity (Wildman–Crippen MR) is 162 cm³/mol. The molecule has 1 saturated heterocycles. The first-order valence-corrected chi connectivity index (χ1v) is 14.9. The van der Waals surface area contributed by atoms with Crippen LogP contribution >= 0.6 is 23.2 Å². The van der Waals surface area contributed by atoms with Gasteiger partial charge in [0.05, 0.1) is 11.1 Å². The molecule has 10 heteroatoms. The van der Waals surface area contributed by atoms with Crippen molar-refractivity contribution in [1.29, 1.82) is 0 Å². The summed E-state index contributed by atoms with van der Waals surface area (Å²) >= 11 is 12.9. The average Bonchev–Trinajstić information content (AvgIpc) is 3.49. The third kappa shape index (κ3) is 7.75. The van der Waals surface area contributed by atoms with E-state index in [2.05, 4.69) is 38.9 Å². The van der Waals surface area contributed by atoms with Crippen LogP contribution in [0.2, 0.25) is 10.0 Å². The van der Waals surface area contributed by atoms with Gasteiger partial charge in [-0.05, 0) is 61.4 Å². The summed E-state index contributed by atoms with van der Waals surface area (Å²) in [5, 5.41) is 14.9.